The molecule has 0 unspecified atom stereocenters. The number of anilines is 1. The first kappa shape index (κ1) is 25.0. The van der Waals surface area contributed by atoms with Gasteiger partial charge in [-0.05, 0) is 48.1 Å². The number of carbonyl (C=O) groups is 2. The van der Waals surface area contributed by atoms with E-state index in [1.165, 1.54) is 12.1 Å². The maximum absolute atomic E-state index is 13.1. The van der Waals surface area contributed by atoms with Crippen molar-refractivity contribution in [2.75, 3.05) is 11.1 Å². The van der Waals surface area contributed by atoms with Gasteiger partial charge in [0.25, 0.3) is 0 Å². The first-order valence-corrected chi connectivity index (χ1v) is 13.2. The Bertz CT molecular complexity index is 1050. The lowest BCUT2D eigenvalue weighted by Crippen LogP contribution is -2.47. The number of hydrogen-bond acceptors (Lipinski definition) is 4. The fourth-order valence-corrected chi connectivity index (χ4v) is 6.02. The zero-order valence-electron chi connectivity index (χ0n) is 19.6. The number of sulfone groups is 1. The van der Waals surface area contributed by atoms with Crippen LogP contribution in [0.2, 0.25) is 0 Å². The van der Waals surface area contributed by atoms with E-state index in [1.54, 1.807) is 12.1 Å². The van der Waals surface area contributed by atoms with Crippen LogP contribution in [-0.2, 0) is 25.8 Å². The normalized spacial score (nSPS) is 15.7. The van der Waals surface area contributed by atoms with Gasteiger partial charge in [-0.1, -0.05) is 63.9 Å². The van der Waals surface area contributed by atoms with Crippen molar-refractivity contribution in [2.45, 2.75) is 63.8 Å². The van der Waals surface area contributed by atoms with Crippen LogP contribution in [0.4, 0.5) is 5.69 Å². The SMILES string of the molecule is CC(C)(C)CS(=O)(=O)c1ccc(NC(=O)[C@H](Cc2ccccc2)NC(=O)C2CCCC2)cc1. The van der Waals surface area contributed by atoms with Crippen LogP contribution in [0.5, 0.6) is 0 Å². The molecule has 2 amide bonds. The summed E-state index contributed by atoms with van der Waals surface area (Å²) < 4.78 is 25.2. The summed E-state index contributed by atoms with van der Waals surface area (Å²) in [5.41, 5.74) is 1.09. The molecule has 0 bridgehead atoms. The Morgan fingerprint density at radius 3 is 2.15 bits per heavy atom. The van der Waals surface area contributed by atoms with Gasteiger partial charge >= 0.3 is 0 Å². The van der Waals surface area contributed by atoms with Crippen LogP contribution in [0.25, 0.3) is 0 Å². The zero-order valence-corrected chi connectivity index (χ0v) is 20.5. The molecular weight excluding hydrogens is 436 g/mol. The van der Waals surface area contributed by atoms with Gasteiger partial charge < -0.3 is 10.6 Å². The minimum absolute atomic E-state index is 0.0385. The molecular formula is C26H34N2O4S. The number of rotatable bonds is 8. The van der Waals surface area contributed by atoms with Crippen LogP contribution in [0.1, 0.15) is 52.0 Å². The van der Waals surface area contributed by atoms with E-state index in [9.17, 15) is 18.0 Å². The Labute approximate surface area is 197 Å². The van der Waals surface area contributed by atoms with Gasteiger partial charge in [0.05, 0.1) is 10.6 Å². The van der Waals surface area contributed by atoms with Crippen molar-refractivity contribution in [3.05, 3.63) is 60.2 Å². The summed E-state index contributed by atoms with van der Waals surface area (Å²) >= 11 is 0. The lowest BCUT2D eigenvalue weighted by Gasteiger charge is -2.21. The number of carbonyl (C=O) groups excluding carboxylic acids is 2. The highest BCUT2D eigenvalue weighted by atomic mass is 32.2. The van der Waals surface area contributed by atoms with E-state index in [-0.39, 0.29) is 33.8 Å². The molecule has 0 saturated heterocycles. The first-order valence-electron chi connectivity index (χ1n) is 11.5. The lowest BCUT2D eigenvalue weighted by molar-refractivity contribution is -0.129. The highest BCUT2D eigenvalue weighted by molar-refractivity contribution is 7.91. The molecule has 0 spiro atoms. The summed E-state index contributed by atoms with van der Waals surface area (Å²) in [6.07, 6.45) is 4.17. The lowest BCUT2D eigenvalue weighted by atomic mass is 10.0. The molecule has 2 aromatic rings. The highest BCUT2D eigenvalue weighted by Crippen LogP contribution is 2.25. The molecule has 7 heteroatoms. The molecule has 0 aliphatic heterocycles. The first-order chi connectivity index (χ1) is 15.5. The molecule has 1 fully saturated rings. The predicted octanol–water partition coefficient (Wildman–Crippen LogP) is 4.36. The van der Waals surface area contributed by atoms with E-state index in [2.05, 4.69) is 10.6 Å². The number of benzene rings is 2. The van der Waals surface area contributed by atoms with Crippen LogP contribution < -0.4 is 10.6 Å². The van der Waals surface area contributed by atoms with Gasteiger partial charge in [-0.3, -0.25) is 9.59 Å². The minimum Gasteiger partial charge on any atom is -0.344 e. The van der Waals surface area contributed by atoms with E-state index in [4.69, 9.17) is 0 Å². The molecule has 1 saturated carbocycles. The second-order valence-electron chi connectivity index (χ2n) is 10.1. The summed E-state index contributed by atoms with van der Waals surface area (Å²) in [4.78, 5) is 26.0. The van der Waals surface area contributed by atoms with Crippen LogP contribution >= 0.6 is 0 Å². The molecule has 3 rings (SSSR count). The maximum Gasteiger partial charge on any atom is 0.247 e. The van der Waals surface area contributed by atoms with E-state index in [0.717, 1.165) is 31.2 Å². The Balaban J connectivity index is 1.72. The average Bonchev–Trinajstić information content (AvgIpc) is 3.28. The van der Waals surface area contributed by atoms with Crippen LogP contribution in [-0.4, -0.2) is 32.0 Å². The van der Waals surface area contributed by atoms with E-state index >= 15 is 0 Å². The molecule has 178 valence electrons. The van der Waals surface area contributed by atoms with Crippen molar-refractivity contribution in [3.8, 4) is 0 Å². The van der Waals surface area contributed by atoms with Crippen molar-refractivity contribution in [3.63, 3.8) is 0 Å². The van der Waals surface area contributed by atoms with Crippen molar-refractivity contribution in [2.24, 2.45) is 11.3 Å². The Hall–Kier alpha value is -2.67. The summed E-state index contributed by atoms with van der Waals surface area (Å²) in [7, 11) is -3.42. The number of amides is 2. The van der Waals surface area contributed by atoms with Gasteiger partial charge in [0.15, 0.2) is 9.84 Å². The molecule has 0 heterocycles. The largest absolute Gasteiger partial charge is 0.344 e. The molecule has 0 aromatic heterocycles. The quantitative estimate of drug-likeness (QED) is 0.599. The molecule has 1 aliphatic carbocycles. The van der Waals surface area contributed by atoms with E-state index in [0.29, 0.717) is 12.1 Å². The van der Waals surface area contributed by atoms with Crippen molar-refractivity contribution >= 4 is 27.3 Å². The summed E-state index contributed by atoms with van der Waals surface area (Å²) in [6, 6.07) is 15.1. The van der Waals surface area contributed by atoms with Crippen molar-refractivity contribution < 1.29 is 18.0 Å². The van der Waals surface area contributed by atoms with Crippen molar-refractivity contribution in [1.29, 1.82) is 0 Å². The summed E-state index contributed by atoms with van der Waals surface area (Å²) in [5, 5.41) is 5.78. The summed E-state index contributed by atoms with van der Waals surface area (Å²) in [6.45, 7) is 5.64. The molecule has 1 aliphatic rings. The standard InChI is InChI=1S/C26H34N2O4S/c1-26(2,3)18-33(31,32)22-15-13-21(14-16-22)27-25(30)23(17-19-9-5-4-6-10-19)28-24(29)20-11-7-8-12-20/h4-6,9-10,13-16,20,23H,7-8,11-12,17-18H2,1-3H3,(H,27,30)(H,28,29)/t23-/m0/s1. The molecule has 2 aromatic carbocycles. The van der Waals surface area contributed by atoms with Gasteiger partial charge in [0, 0.05) is 18.0 Å². The average molecular weight is 471 g/mol. The van der Waals surface area contributed by atoms with Gasteiger partial charge in [-0.2, -0.15) is 0 Å². The van der Waals surface area contributed by atoms with Gasteiger partial charge in [0.2, 0.25) is 11.8 Å². The molecule has 33 heavy (non-hydrogen) atoms. The third-order valence-corrected chi connectivity index (χ3v) is 7.98. The smallest absolute Gasteiger partial charge is 0.247 e. The number of hydrogen-bond donors (Lipinski definition) is 2. The second kappa shape index (κ2) is 10.5. The van der Waals surface area contributed by atoms with Crippen molar-refractivity contribution in [1.82, 2.24) is 5.32 Å². The van der Waals surface area contributed by atoms with Crippen LogP contribution in [0.15, 0.2) is 59.5 Å². The van der Waals surface area contributed by atoms with E-state index < -0.39 is 15.9 Å². The molecule has 2 N–H and O–H groups in total. The van der Waals surface area contributed by atoms with Crippen LogP contribution in [0.3, 0.4) is 0 Å². The fourth-order valence-electron chi connectivity index (χ4n) is 4.17. The predicted molar refractivity (Wildman–Crippen MR) is 131 cm³/mol. The van der Waals surface area contributed by atoms with Gasteiger partial charge in [-0.25, -0.2) is 8.42 Å². The minimum atomic E-state index is -3.42. The zero-order chi connectivity index (χ0) is 24.1. The molecule has 6 nitrogen and oxygen atoms in total. The van der Waals surface area contributed by atoms with Gasteiger partial charge in [-0.15, -0.1) is 0 Å². The van der Waals surface area contributed by atoms with E-state index in [1.807, 2.05) is 51.1 Å². The van der Waals surface area contributed by atoms with Gasteiger partial charge in [0.1, 0.15) is 6.04 Å². The fraction of sp³-hybridized carbons (Fsp3) is 0.462. The molecule has 0 radical (unpaired) electrons. The Morgan fingerprint density at radius 1 is 0.970 bits per heavy atom. The topological polar surface area (TPSA) is 92.3 Å². The summed E-state index contributed by atoms with van der Waals surface area (Å²) in [5.74, 6) is -0.399. The third-order valence-electron chi connectivity index (χ3n) is 5.75. The molecule has 1 atom stereocenters. The Kier molecular flexibility index (Phi) is 7.95. The number of nitrogens with one attached hydrogen (secondary N) is 2. The Morgan fingerprint density at radius 2 is 1.58 bits per heavy atom. The van der Waals surface area contributed by atoms with Crippen LogP contribution in [0, 0.1) is 11.3 Å². The highest BCUT2D eigenvalue weighted by Gasteiger charge is 2.28. The third kappa shape index (κ3) is 7.42. The monoisotopic (exact) mass is 470 g/mol. The second-order valence-corrected chi connectivity index (χ2v) is 12.1. The maximum atomic E-state index is 13.1.